The Morgan fingerprint density at radius 2 is 0.833 bits per heavy atom. The zero-order valence-electron chi connectivity index (χ0n) is 29.0. The molecule has 0 amide bonds. The third-order valence-electron chi connectivity index (χ3n) is 9.36. The Balaban J connectivity index is 1.16. The van der Waals surface area contributed by atoms with Crippen molar-refractivity contribution in [3.63, 3.8) is 0 Å². The Labute approximate surface area is 312 Å². The van der Waals surface area contributed by atoms with Crippen molar-refractivity contribution in [2.75, 3.05) is 0 Å². The van der Waals surface area contributed by atoms with Crippen LogP contribution in [0.2, 0.25) is 0 Å². The van der Waals surface area contributed by atoms with Crippen molar-refractivity contribution >= 4 is 10.9 Å². The van der Waals surface area contributed by atoms with E-state index in [9.17, 15) is 5.26 Å². The molecule has 0 fully saturated rings. The molecular formula is C48H30N6. The topological polar surface area (TPSA) is 88.2 Å². The molecule has 0 atom stereocenters. The highest BCUT2D eigenvalue weighted by molar-refractivity contribution is 5.94. The predicted octanol–water partition coefficient (Wildman–Crippen LogP) is 11.4. The third-order valence-corrected chi connectivity index (χ3v) is 9.36. The largest absolute Gasteiger partial charge is 0.228 e. The maximum Gasteiger partial charge on any atom is 0.164 e. The lowest BCUT2D eigenvalue weighted by molar-refractivity contribution is 1.07. The van der Waals surface area contributed by atoms with E-state index in [1.165, 1.54) is 0 Å². The van der Waals surface area contributed by atoms with Crippen LogP contribution in [0, 0.1) is 11.3 Å². The summed E-state index contributed by atoms with van der Waals surface area (Å²) in [6.07, 6.45) is 0. The first-order chi connectivity index (χ1) is 26.7. The fourth-order valence-electron chi connectivity index (χ4n) is 6.72. The average Bonchev–Trinajstić information content (AvgIpc) is 3.26. The van der Waals surface area contributed by atoms with Gasteiger partial charge in [-0.05, 0) is 52.6 Å². The summed E-state index contributed by atoms with van der Waals surface area (Å²) in [5.74, 6) is 2.44. The van der Waals surface area contributed by atoms with E-state index in [4.69, 9.17) is 24.9 Å². The number of nitriles is 1. The van der Waals surface area contributed by atoms with Gasteiger partial charge in [-0.2, -0.15) is 5.26 Å². The van der Waals surface area contributed by atoms with Gasteiger partial charge in [0.15, 0.2) is 23.3 Å². The maximum absolute atomic E-state index is 9.50. The molecule has 0 aliphatic rings. The fraction of sp³-hybridized carbons (Fsp3) is 0. The van der Waals surface area contributed by atoms with E-state index >= 15 is 0 Å². The van der Waals surface area contributed by atoms with Gasteiger partial charge in [0, 0.05) is 33.2 Å². The van der Waals surface area contributed by atoms with Crippen molar-refractivity contribution in [3.05, 3.63) is 188 Å². The molecule has 54 heavy (non-hydrogen) atoms. The van der Waals surface area contributed by atoms with Gasteiger partial charge < -0.3 is 0 Å². The minimum Gasteiger partial charge on any atom is -0.228 e. The SMILES string of the molecule is N#Cc1cccc(-c2cccc(-c3nc(-c4cccc(-c5ccccc5-c5nc(-c6ccccc6)nc(-c6ccccc6)n5)c4)nc4ccccc34)c2)c1. The first kappa shape index (κ1) is 32.3. The van der Waals surface area contributed by atoms with Gasteiger partial charge >= 0.3 is 0 Å². The number of hydrogen-bond acceptors (Lipinski definition) is 6. The summed E-state index contributed by atoms with van der Waals surface area (Å²) in [5, 5.41) is 10.5. The van der Waals surface area contributed by atoms with E-state index in [0.29, 0.717) is 28.9 Å². The molecule has 6 heteroatoms. The normalized spacial score (nSPS) is 10.9. The van der Waals surface area contributed by atoms with Crippen LogP contribution in [0.15, 0.2) is 182 Å². The molecule has 0 aliphatic heterocycles. The van der Waals surface area contributed by atoms with Crippen LogP contribution in [0.4, 0.5) is 0 Å². The standard InChI is InChI=1S/C48H30N6/c49-31-32-14-11-19-35(28-32)36-20-12-22-38(29-36)44-42-26-9-10-27-43(42)50-47(51-44)39-23-13-21-37(30-39)40-24-7-8-25-41(40)48-53-45(33-15-3-1-4-16-33)52-46(54-48)34-17-5-2-6-18-34/h1-30H. The van der Waals surface area contributed by atoms with Crippen LogP contribution in [0.1, 0.15) is 5.56 Å². The van der Waals surface area contributed by atoms with Crippen LogP contribution < -0.4 is 0 Å². The van der Waals surface area contributed by atoms with E-state index in [2.05, 4.69) is 54.6 Å². The lowest BCUT2D eigenvalue weighted by Gasteiger charge is -2.13. The van der Waals surface area contributed by atoms with Gasteiger partial charge in [-0.15, -0.1) is 0 Å². The minimum absolute atomic E-state index is 0.591. The van der Waals surface area contributed by atoms with Crippen LogP contribution in [-0.2, 0) is 0 Å². The van der Waals surface area contributed by atoms with Crippen LogP contribution in [0.3, 0.4) is 0 Å². The quantitative estimate of drug-likeness (QED) is 0.165. The number of fused-ring (bicyclic) bond motifs is 1. The maximum atomic E-state index is 9.50. The molecule has 0 spiro atoms. The molecule has 9 aromatic rings. The second kappa shape index (κ2) is 14.2. The van der Waals surface area contributed by atoms with Gasteiger partial charge in [-0.1, -0.05) is 152 Å². The van der Waals surface area contributed by atoms with E-state index in [1.807, 2.05) is 133 Å². The molecular weight excluding hydrogens is 661 g/mol. The monoisotopic (exact) mass is 690 g/mol. The molecule has 7 aromatic carbocycles. The molecule has 9 rings (SSSR count). The highest BCUT2D eigenvalue weighted by Gasteiger charge is 2.17. The first-order valence-electron chi connectivity index (χ1n) is 17.6. The fourth-order valence-corrected chi connectivity index (χ4v) is 6.72. The van der Waals surface area contributed by atoms with Crippen molar-refractivity contribution in [2.24, 2.45) is 0 Å². The lowest BCUT2D eigenvalue weighted by Crippen LogP contribution is -2.01. The van der Waals surface area contributed by atoms with Crippen molar-refractivity contribution in [1.29, 1.82) is 5.26 Å². The van der Waals surface area contributed by atoms with Gasteiger partial charge in [0.1, 0.15) is 0 Å². The van der Waals surface area contributed by atoms with E-state index < -0.39 is 0 Å². The number of nitrogens with zero attached hydrogens (tertiary/aromatic N) is 6. The molecule has 0 N–H and O–H groups in total. The van der Waals surface area contributed by atoms with Crippen molar-refractivity contribution in [3.8, 4) is 85.1 Å². The Morgan fingerprint density at radius 3 is 1.56 bits per heavy atom. The molecule has 0 saturated heterocycles. The smallest absolute Gasteiger partial charge is 0.164 e. The van der Waals surface area contributed by atoms with E-state index in [0.717, 1.165) is 66.7 Å². The number of benzene rings is 7. The highest BCUT2D eigenvalue weighted by Crippen LogP contribution is 2.36. The molecule has 0 aliphatic carbocycles. The highest BCUT2D eigenvalue weighted by atomic mass is 15.0. The van der Waals surface area contributed by atoms with Crippen molar-refractivity contribution in [1.82, 2.24) is 24.9 Å². The lowest BCUT2D eigenvalue weighted by atomic mass is 9.97. The number of aromatic nitrogens is 5. The molecule has 0 bridgehead atoms. The second-order valence-corrected chi connectivity index (χ2v) is 12.9. The summed E-state index contributed by atoms with van der Waals surface area (Å²) in [5.41, 5.74) is 10.9. The predicted molar refractivity (Wildman–Crippen MR) is 216 cm³/mol. The van der Waals surface area contributed by atoms with E-state index in [-0.39, 0.29) is 0 Å². The van der Waals surface area contributed by atoms with Crippen LogP contribution >= 0.6 is 0 Å². The van der Waals surface area contributed by atoms with Crippen LogP contribution in [-0.4, -0.2) is 24.9 Å². The molecule has 252 valence electrons. The summed E-state index contributed by atoms with van der Waals surface area (Å²) >= 11 is 0. The molecule has 0 radical (unpaired) electrons. The summed E-state index contributed by atoms with van der Waals surface area (Å²) < 4.78 is 0. The van der Waals surface area contributed by atoms with Crippen molar-refractivity contribution in [2.45, 2.75) is 0 Å². The minimum atomic E-state index is 0.591. The summed E-state index contributed by atoms with van der Waals surface area (Å²) in [6.45, 7) is 0. The molecule has 0 saturated carbocycles. The molecule has 6 nitrogen and oxygen atoms in total. The van der Waals surface area contributed by atoms with Crippen LogP contribution in [0.25, 0.3) is 90.0 Å². The molecule has 2 aromatic heterocycles. The second-order valence-electron chi connectivity index (χ2n) is 12.9. The van der Waals surface area contributed by atoms with Gasteiger partial charge in [0.2, 0.25) is 0 Å². The third kappa shape index (κ3) is 6.38. The molecule has 0 unspecified atom stereocenters. The number of rotatable bonds is 7. The van der Waals surface area contributed by atoms with Crippen molar-refractivity contribution < 1.29 is 0 Å². The van der Waals surface area contributed by atoms with Gasteiger partial charge in [0.05, 0.1) is 22.8 Å². The number of hydrogen-bond donors (Lipinski definition) is 0. The van der Waals surface area contributed by atoms with Gasteiger partial charge in [0.25, 0.3) is 0 Å². The summed E-state index contributed by atoms with van der Waals surface area (Å²) in [7, 11) is 0. The Hall–Kier alpha value is -7.62. The Morgan fingerprint density at radius 1 is 0.333 bits per heavy atom. The zero-order chi connectivity index (χ0) is 36.3. The Bertz CT molecular complexity index is 2790. The van der Waals surface area contributed by atoms with Gasteiger partial charge in [-0.25, -0.2) is 24.9 Å². The zero-order valence-corrected chi connectivity index (χ0v) is 29.0. The first-order valence-corrected chi connectivity index (χ1v) is 17.6. The molecule has 2 heterocycles. The van der Waals surface area contributed by atoms with E-state index in [1.54, 1.807) is 0 Å². The van der Waals surface area contributed by atoms with Gasteiger partial charge in [-0.3, -0.25) is 0 Å². The van der Waals surface area contributed by atoms with Crippen LogP contribution in [0.5, 0.6) is 0 Å². The number of para-hydroxylation sites is 1. The Kier molecular flexibility index (Phi) is 8.48. The average molecular weight is 691 g/mol. The summed E-state index contributed by atoms with van der Waals surface area (Å²) in [6, 6.07) is 62.9. The summed E-state index contributed by atoms with van der Waals surface area (Å²) in [4.78, 5) is 25.2.